The van der Waals surface area contributed by atoms with Gasteiger partial charge >= 0.3 is 0 Å². The molecule has 0 aromatic heterocycles. The van der Waals surface area contributed by atoms with Crippen molar-refractivity contribution in [3.8, 4) is 0 Å². The fraction of sp³-hybridized carbons (Fsp3) is 0.667. The van der Waals surface area contributed by atoms with Crippen LogP contribution in [0.2, 0.25) is 0 Å². The largest absolute Gasteiger partial charge is 0.382 e. The molecule has 1 saturated carbocycles. The Morgan fingerprint density at radius 3 is 2.32 bits per heavy atom. The molecule has 2 rings (SSSR count). The van der Waals surface area contributed by atoms with Gasteiger partial charge < -0.3 is 5.32 Å². The summed E-state index contributed by atoms with van der Waals surface area (Å²) in [4.78, 5) is 0. The molecule has 0 bridgehead atoms. The van der Waals surface area contributed by atoms with Gasteiger partial charge in [-0.25, -0.2) is 0 Å². The summed E-state index contributed by atoms with van der Waals surface area (Å²) in [5.74, 6) is 0. The van der Waals surface area contributed by atoms with E-state index in [-0.39, 0.29) is 0 Å². The van der Waals surface area contributed by atoms with Crippen molar-refractivity contribution in [2.75, 3.05) is 5.32 Å². The number of hydrogen-bond acceptors (Lipinski definition) is 1. The molecule has 0 amide bonds. The highest BCUT2D eigenvalue weighted by Gasteiger charge is 2.38. The van der Waals surface area contributed by atoms with Gasteiger partial charge in [0.05, 0.1) is 0 Å². The Bertz CT molecular complexity index is 415. The lowest BCUT2D eigenvalue weighted by Gasteiger charge is -2.45. The molecule has 0 saturated heterocycles. The predicted octanol–water partition coefficient (Wildman–Crippen LogP) is 5.27. The number of anilines is 1. The Kier molecular flexibility index (Phi) is 3.94. The summed E-state index contributed by atoms with van der Waals surface area (Å²) in [6.45, 7) is 11.8. The van der Waals surface area contributed by atoms with Crippen molar-refractivity contribution in [2.24, 2.45) is 10.8 Å². The average Bonchev–Trinajstić information content (AvgIpc) is 2.24. The van der Waals surface area contributed by atoms with Gasteiger partial charge in [0.2, 0.25) is 0 Å². The first kappa shape index (κ1) is 14.4. The van der Waals surface area contributed by atoms with E-state index in [0.29, 0.717) is 16.9 Å². The molecule has 1 aromatic carbocycles. The van der Waals surface area contributed by atoms with Crippen LogP contribution in [0.4, 0.5) is 5.69 Å². The second kappa shape index (κ2) is 5.19. The molecule has 1 nitrogen and oxygen atoms in total. The molecular weight excluding hydrogens is 230 g/mol. The van der Waals surface area contributed by atoms with Crippen molar-refractivity contribution in [1.29, 1.82) is 0 Å². The van der Waals surface area contributed by atoms with Crippen LogP contribution in [0.25, 0.3) is 0 Å². The van der Waals surface area contributed by atoms with E-state index >= 15 is 0 Å². The Morgan fingerprint density at radius 1 is 1.11 bits per heavy atom. The number of benzene rings is 1. The van der Waals surface area contributed by atoms with Gasteiger partial charge in [-0.1, -0.05) is 46.8 Å². The lowest BCUT2D eigenvalue weighted by Crippen LogP contribution is -2.40. The van der Waals surface area contributed by atoms with E-state index in [1.54, 1.807) is 0 Å². The van der Waals surface area contributed by atoms with E-state index in [1.165, 1.54) is 30.5 Å². The number of hydrogen-bond donors (Lipinski definition) is 1. The van der Waals surface area contributed by atoms with Crippen molar-refractivity contribution in [2.45, 2.75) is 66.3 Å². The number of aryl methyl sites for hydroxylation is 1. The smallest absolute Gasteiger partial charge is 0.0345 e. The average molecular weight is 259 g/mol. The fourth-order valence-corrected chi connectivity index (χ4v) is 4.06. The molecule has 0 radical (unpaired) electrons. The van der Waals surface area contributed by atoms with Gasteiger partial charge in [0.25, 0.3) is 0 Å². The summed E-state index contributed by atoms with van der Waals surface area (Å²) >= 11 is 0. The standard InChI is InChI=1S/C18H29N/c1-6-14-8-7-9-15(10-14)19-16-11-17(2,3)13-18(4,5)12-16/h7-10,16,19H,6,11-13H2,1-5H3. The van der Waals surface area contributed by atoms with Crippen LogP contribution in [0, 0.1) is 10.8 Å². The van der Waals surface area contributed by atoms with Gasteiger partial charge in [0.15, 0.2) is 0 Å². The zero-order valence-electron chi connectivity index (χ0n) is 13.2. The Balaban J connectivity index is 2.09. The molecule has 1 heteroatoms. The van der Waals surface area contributed by atoms with Crippen LogP contribution in [-0.4, -0.2) is 6.04 Å². The first-order valence-electron chi connectivity index (χ1n) is 7.65. The molecule has 1 aromatic rings. The topological polar surface area (TPSA) is 12.0 Å². The summed E-state index contributed by atoms with van der Waals surface area (Å²) in [7, 11) is 0. The monoisotopic (exact) mass is 259 g/mol. The molecule has 19 heavy (non-hydrogen) atoms. The Labute approximate surface area is 118 Å². The first-order chi connectivity index (χ1) is 8.80. The summed E-state index contributed by atoms with van der Waals surface area (Å²) in [6, 6.07) is 9.48. The van der Waals surface area contributed by atoms with Crippen molar-refractivity contribution < 1.29 is 0 Å². The summed E-state index contributed by atoms with van der Waals surface area (Å²) in [5.41, 5.74) is 3.60. The van der Waals surface area contributed by atoms with E-state index in [1.807, 2.05) is 0 Å². The maximum Gasteiger partial charge on any atom is 0.0345 e. The zero-order chi connectivity index (χ0) is 14.1. The maximum absolute atomic E-state index is 3.77. The van der Waals surface area contributed by atoms with Gasteiger partial charge in [0.1, 0.15) is 0 Å². The molecule has 0 atom stereocenters. The maximum atomic E-state index is 3.77. The third-order valence-electron chi connectivity index (χ3n) is 4.26. The normalized spacial score (nSPS) is 22.2. The second-order valence-electron chi connectivity index (χ2n) is 7.81. The van der Waals surface area contributed by atoms with Crippen molar-refractivity contribution >= 4 is 5.69 Å². The lowest BCUT2D eigenvalue weighted by molar-refractivity contribution is 0.105. The summed E-state index contributed by atoms with van der Waals surface area (Å²) < 4.78 is 0. The second-order valence-corrected chi connectivity index (χ2v) is 7.81. The van der Waals surface area contributed by atoms with E-state index in [4.69, 9.17) is 0 Å². The van der Waals surface area contributed by atoms with Crippen LogP contribution in [0.3, 0.4) is 0 Å². The van der Waals surface area contributed by atoms with Crippen molar-refractivity contribution in [1.82, 2.24) is 0 Å². The molecule has 0 spiro atoms. The van der Waals surface area contributed by atoms with Gasteiger partial charge in [-0.15, -0.1) is 0 Å². The van der Waals surface area contributed by atoms with Gasteiger partial charge in [0, 0.05) is 11.7 Å². The minimum absolute atomic E-state index is 0.446. The van der Waals surface area contributed by atoms with E-state index < -0.39 is 0 Å². The molecular formula is C18H29N. The molecule has 1 aliphatic carbocycles. The third kappa shape index (κ3) is 3.99. The third-order valence-corrected chi connectivity index (χ3v) is 4.26. The molecule has 1 aliphatic rings. The van der Waals surface area contributed by atoms with Gasteiger partial charge in [-0.05, 0) is 54.2 Å². The summed E-state index contributed by atoms with van der Waals surface area (Å²) in [6.07, 6.45) is 4.98. The molecule has 0 heterocycles. The summed E-state index contributed by atoms with van der Waals surface area (Å²) in [5, 5.41) is 3.77. The Morgan fingerprint density at radius 2 is 1.74 bits per heavy atom. The number of rotatable bonds is 3. The van der Waals surface area contributed by atoms with Crippen molar-refractivity contribution in [3.05, 3.63) is 29.8 Å². The van der Waals surface area contributed by atoms with E-state index in [0.717, 1.165) is 6.42 Å². The molecule has 1 N–H and O–H groups in total. The van der Waals surface area contributed by atoms with Gasteiger partial charge in [-0.2, -0.15) is 0 Å². The highest BCUT2D eigenvalue weighted by molar-refractivity contribution is 5.46. The van der Waals surface area contributed by atoms with Crippen molar-refractivity contribution in [3.63, 3.8) is 0 Å². The number of nitrogens with one attached hydrogen (secondary N) is 1. The van der Waals surface area contributed by atoms with E-state index in [2.05, 4.69) is 64.2 Å². The quantitative estimate of drug-likeness (QED) is 0.780. The highest BCUT2D eigenvalue weighted by Crippen LogP contribution is 2.46. The lowest BCUT2D eigenvalue weighted by atomic mass is 9.63. The van der Waals surface area contributed by atoms with Crippen LogP contribution in [0.5, 0.6) is 0 Å². The molecule has 0 unspecified atom stereocenters. The molecule has 0 aliphatic heterocycles. The Hall–Kier alpha value is -0.980. The van der Waals surface area contributed by atoms with Crippen LogP contribution >= 0.6 is 0 Å². The molecule has 106 valence electrons. The molecule has 1 fully saturated rings. The predicted molar refractivity (Wildman–Crippen MR) is 84.6 cm³/mol. The highest BCUT2D eigenvalue weighted by atomic mass is 14.9. The van der Waals surface area contributed by atoms with Crippen LogP contribution < -0.4 is 5.32 Å². The minimum atomic E-state index is 0.446. The zero-order valence-corrected chi connectivity index (χ0v) is 13.2. The first-order valence-corrected chi connectivity index (χ1v) is 7.65. The van der Waals surface area contributed by atoms with Crippen LogP contribution in [0.1, 0.15) is 59.4 Å². The minimum Gasteiger partial charge on any atom is -0.382 e. The SMILES string of the molecule is CCc1cccc(NC2CC(C)(C)CC(C)(C)C2)c1. The fourth-order valence-electron chi connectivity index (χ4n) is 4.06. The van der Waals surface area contributed by atoms with Crippen LogP contribution in [0.15, 0.2) is 24.3 Å². The van der Waals surface area contributed by atoms with Gasteiger partial charge in [-0.3, -0.25) is 0 Å². The van der Waals surface area contributed by atoms with E-state index in [9.17, 15) is 0 Å². The van der Waals surface area contributed by atoms with Crippen LogP contribution in [-0.2, 0) is 6.42 Å².